The Morgan fingerprint density at radius 2 is 2.38 bits per heavy atom. The summed E-state index contributed by atoms with van der Waals surface area (Å²) < 4.78 is 0. The van der Waals surface area contributed by atoms with Gasteiger partial charge in [0, 0.05) is 23.9 Å². The van der Waals surface area contributed by atoms with Crippen molar-refractivity contribution in [1.82, 2.24) is 4.98 Å². The fourth-order valence-electron chi connectivity index (χ4n) is 1.37. The van der Waals surface area contributed by atoms with Crippen molar-refractivity contribution < 1.29 is 5.11 Å². The highest BCUT2D eigenvalue weighted by molar-refractivity contribution is 7.09. The quantitative estimate of drug-likeness (QED) is 0.769. The van der Waals surface area contributed by atoms with Gasteiger partial charge in [-0.3, -0.25) is 0 Å². The van der Waals surface area contributed by atoms with E-state index in [0.717, 1.165) is 10.7 Å². The molecule has 13 heavy (non-hydrogen) atoms. The number of aryl methyl sites for hydroxylation is 1. The van der Waals surface area contributed by atoms with Crippen LogP contribution in [0.2, 0.25) is 0 Å². The molecule has 0 spiro atoms. The Bertz CT molecular complexity index is 260. The van der Waals surface area contributed by atoms with Gasteiger partial charge in [0.25, 0.3) is 0 Å². The first-order valence-electron chi connectivity index (χ1n) is 4.43. The number of aromatic nitrogens is 1. The average Bonchev–Trinajstić information content (AvgIpc) is 2.46. The molecule has 4 heteroatoms. The lowest BCUT2D eigenvalue weighted by Crippen LogP contribution is -2.25. The standard InChI is InChI=1S/C9H16N2OS/c1-6(10)8(3-4-12)9-5-13-7(2)11-9/h5-6,8,12H,3-4,10H2,1-2H3. The van der Waals surface area contributed by atoms with Crippen LogP contribution in [0, 0.1) is 6.92 Å². The number of nitrogens with two attached hydrogens (primary N) is 1. The van der Waals surface area contributed by atoms with Gasteiger partial charge in [-0.1, -0.05) is 0 Å². The van der Waals surface area contributed by atoms with E-state index >= 15 is 0 Å². The fraction of sp³-hybridized carbons (Fsp3) is 0.667. The Kier molecular flexibility index (Phi) is 3.84. The van der Waals surface area contributed by atoms with Crippen LogP contribution in [0.15, 0.2) is 5.38 Å². The maximum atomic E-state index is 8.87. The Morgan fingerprint density at radius 3 is 2.77 bits per heavy atom. The zero-order chi connectivity index (χ0) is 9.84. The maximum absolute atomic E-state index is 8.87. The van der Waals surface area contributed by atoms with Crippen LogP contribution in [0.25, 0.3) is 0 Å². The van der Waals surface area contributed by atoms with Crippen LogP contribution < -0.4 is 5.73 Å². The molecular formula is C9H16N2OS. The zero-order valence-corrected chi connectivity index (χ0v) is 8.84. The van der Waals surface area contributed by atoms with Gasteiger partial charge >= 0.3 is 0 Å². The van der Waals surface area contributed by atoms with Crippen LogP contribution >= 0.6 is 11.3 Å². The summed E-state index contributed by atoms with van der Waals surface area (Å²) in [6.45, 7) is 4.10. The summed E-state index contributed by atoms with van der Waals surface area (Å²) in [4.78, 5) is 4.38. The molecule has 1 rings (SSSR count). The van der Waals surface area contributed by atoms with Crippen molar-refractivity contribution >= 4 is 11.3 Å². The van der Waals surface area contributed by atoms with Gasteiger partial charge in [0.2, 0.25) is 0 Å². The summed E-state index contributed by atoms with van der Waals surface area (Å²) in [5.41, 5.74) is 6.84. The highest BCUT2D eigenvalue weighted by atomic mass is 32.1. The summed E-state index contributed by atoms with van der Waals surface area (Å²) in [6, 6.07) is 0.0497. The predicted octanol–water partition coefficient (Wildman–Crippen LogP) is 1.26. The van der Waals surface area contributed by atoms with E-state index < -0.39 is 0 Å². The van der Waals surface area contributed by atoms with Gasteiger partial charge in [-0.15, -0.1) is 11.3 Å². The van der Waals surface area contributed by atoms with Crippen molar-refractivity contribution in [3.8, 4) is 0 Å². The molecule has 3 nitrogen and oxygen atoms in total. The highest BCUT2D eigenvalue weighted by Crippen LogP contribution is 2.23. The molecule has 0 aliphatic heterocycles. The molecule has 0 saturated carbocycles. The lowest BCUT2D eigenvalue weighted by atomic mass is 9.96. The molecule has 0 fully saturated rings. The molecule has 0 saturated heterocycles. The summed E-state index contributed by atoms with van der Waals surface area (Å²) in [5.74, 6) is 0.190. The SMILES string of the molecule is Cc1nc(C(CCO)C(C)N)cs1. The van der Waals surface area contributed by atoms with Crippen LogP contribution in [0.5, 0.6) is 0 Å². The number of aliphatic hydroxyl groups excluding tert-OH is 1. The fourth-order valence-corrected chi connectivity index (χ4v) is 2.05. The predicted molar refractivity (Wildman–Crippen MR) is 54.9 cm³/mol. The summed E-state index contributed by atoms with van der Waals surface area (Å²) in [6.07, 6.45) is 0.695. The molecule has 2 unspecified atom stereocenters. The molecule has 1 aromatic rings. The normalized spacial score (nSPS) is 15.7. The van der Waals surface area contributed by atoms with Crippen molar-refractivity contribution in [2.75, 3.05) is 6.61 Å². The molecule has 74 valence electrons. The number of aliphatic hydroxyl groups is 1. The van der Waals surface area contributed by atoms with Crippen LogP contribution in [0.4, 0.5) is 0 Å². The minimum atomic E-state index is 0.0497. The topological polar surface area (TPSA) is 59.1 Å². The Balaban J connectivity index is 2.75. The molecule has 3 N–H and O–H groups in total. The number of hydrogen-bond donors (Lipinski definition) is 2. The first-order chi connectivity index (χ1) is 6.15. The van der Waals surface area contributed by atoms with Gasteiger partial charge in [-0.25, -0.2) is 4.98 Å². The molecule has 2 atom stereocenters. The lowest BCUT2D eigenvalue weighted by Gasteiger charge is -2.17. The second kappa shape index (κ2) is 4.69. The molecule has 1 heterocycles. The smallest absolute Gasteiger partial charge is 0.0897 e. The summed E-state index contributed by atoms with van der Waals surface area (Å²) >= 11 is 1.63. The van der Waals surface area contributed by atoms with Gasteiger partial charge in [0.15, 0.2) is 0 Å². The van der Waals surface area contributed by atoms with Gasteiger partial charge in [-0.2, -0.15) is 0 Å². The molecule has 0 aliphatic carbocycles. The Hall–Kier alpha value is -0.450. The minimum absolute atomic E-state index is 0.0497. The van der Waals surface area contributed by atoms with E-state index in [9.17, 15) is 0 Å². The molecule has 1 aromatic heterocycles. The Labute approximate surface area is 82.6 Å². The third kappa shape index (κ3) is 2.76. The van der Waals surface area contributed by atoms with Crippen molar-refractivity contribution in [2.45, 2.75) is 32.2 Å². The third-order valence-corrected chi connectivity index (χ3v) is 2.88. The number of thiazole rings is 1. The summed E-state index contributed by atoms with van der Waals surface area (Å²) in [7, 11) is 0. The zero-order valence-electron chi connectivity index (χ0n) is 8.03. The first-order valence-corrected chi connectivity index (χ1v) is 5.31. The Morgan fingerprint density at radius 1 is 1.69 bits per heavy atom. The lowest BCUT2D eigenvalue weighted by molar-refractivity contribution is 0.268. The van der Waals surface area contributed by atoms with Crippen LogP contribution in [0.1, 0.15) is 30.0 Å². The second-order valence-corrected chi connectivity index (χ2v) is 4.33. The van der Waals surface area contributed by atoms with E-state index in [4.69, 9.17) is 10.8 Å². The number of hydrogen-bond acceptors (Lipinski definition) is 4. The van der Waals surface area contributed by atoms with Gasteiger partial charge in [0.05, 0.1) is 10.7 Å². The van der Waals surface area contributed by atoms with E-state index in [0.29, 0.717) is 6.42 Å². The molecule has 0 aromatic carbocycles. The number of nitrogens with zero attached hydrogens (tertiary/aromatic N) is 1. The molecular weight excluding hydrogens is 184 g/mol. The van der Waals surface area contributed by atoms with E-state index in [1.807, 2.05) is 19.2 Å². The molecule has 0 aliphatic rings. The van der Waals surface area contributed by atoms with Crippen molar-refractivity contribution in [3.63, 3.8) is 0 Å². The second-order valence-electron chi connectivity index (χ2n) is 3.27. The minimum Gasteiger partial charge on any atom is -0.396 e. The summed E-state index contributed by atoms with van der Waals surface area (Å²) in [5, 5.41) is 12.0. The first kappa shape index (κ1) is 10.6. The molecule has 0 amide bonds. The van der Waals surface area contributed by atoms with E-state index in [-0.39, 0.29) is 18.6 Å². The van der Waals surface area contributed by atoms with Crippen molar-refractivity contribution in [2.24, 2.45) is 5.73 Å². The molecule has 0 bridgehead atoms. The van der Waals surface area contributed by atoms with Crippen molar-refractivity contribution in [3.05, 3.63) is 16.1 Å². The maximum Gasteiger partial charge on any atom is 0.0897 e. The van der Waals surface area contributed by atoms with Crippen LogP contribution in [-0.2, 0) is 0 Å². The largest absolute Gasteiger partial charge is 0.396 e. The van der Waals surface area contributed by atoms with E-state index in [1.165, 1.54) is 0 Å². The average molecular weight is 200 g/mol. The van der Waals surface area contributed by atoms with E-state index in [1.54, 1.807) is 11.3 Å². The third-order valence-electron chi connectivity index (χ3n) is 2.09. The van der Waals surface area contributed by atoms with Crippen molar-refractivity contribution in [1.29, 1.82) is 0 Å². The van der Waals surface area contributed by atoms with Gasteiger partial charge in [0.1, 0.15) is 0 Å². The van der Waals surface area contributed by atoms with Gasteiger partial charge in [-0.05, 0) is 20.3 Å². The number of rotatable bonds is 4. The van der Waals surface area contributed by atoms with E-state index in [2.05, 4.69) is 4.98 Å². The van der Waals surface area contributed by atoms with Crippen LogP contribution in [-0.4, -0.2) is 22.7 Å². The molecule has 0 radical (unpaired) electrons. The highest BCUT2D eigenvalue weighted by Gasteiger charge is 2.17. The van der Waals surface area contributed by atoms with Crippen LogP contribution in [0.3, 0.4) is 0 Å². The van der Waals surface area contributed by atoms with Gasteiger partial charge < -0.3 is 10.8 Å². The monoisotopic (exact) mass is 200 g/mol.